The van der Waals surface area contributed by atoms with Crippen molar-refractivity contribution in [1.29, 1.82) is 0 Å². The number of carbonyl (C=O) groups is 5. The van der Waals surface area contributed by atoms with Crippen LogP contribution in [0.3, 0.4) is 0 Å². The van der Waals surface area contributed by atoms with E-state index in [1.54, 1.807) is 0 Å². The van der Waals surface area contributed by atoms with Crippen molar-refractivity contribution < 1.29 is 29.1 Å². The maximum absolute atomic E-state index is 12.7. The Labute approximate surface area is 185 Å². The lowest BCUT2D eigenvalue weighted by Crippen LogP contribution is -2.54. The molecule has 1 aromatic heterocycles. The van der Waals surface area contributed by atoms with Crippen LogP contribution in [-0.4, -0.2) is 76.3 Å². The van der Waals surface area contributed by atoms with Crippen molar-refractivity contribution in [2.45, 2.75) is 50.6 Å². The van der Waals surface area contributed by atoms with E-state index in [0.29, 0.717) is 25.1 Å². The summed E-state index contributed by atoms with van der Waals surface area (Å²) in [7, 11) is 0. The van der Waals surface area contributed by atoms with Gasteiger partial charge < -0.3 is 37.5 Å². The zero-order valence-electron chi connectivity index (χ0n) is 17.8. The van der Waals surface area contributed by atoms with Gasteiger partial charge in [-0.3, -0.25) is 19.2 Å². The number of H-pyrrole nitrogens is 1. The zero-order chi connectivity index (χ0) is 23.9. The largest absolute Gasteiger partial charge is 0.480 e. The number of hydrogen-bond donors (Lipinski definition) is 7. The molecule has 1 heterocycles. The molecule has 0 spiro atoms. The van der Waals surface area contributed by atoms with Crippen LogP contribution < -0.4 is 27.4 Å². The molecule has 178 valence electrons. The second kappa shape index (κ2) is 14.6. The number of nitrogens with zero attached hydrogens (tertiary/aromatic N) is 1. The number of amides is 3. The quantitative estimate of drug-likeness (QED) is 0.132. The highest BCUT2D eigenvalue weighted by molar-refractivity contribution is 5.92. The van der Waals surface area contributed by atoms with Crippen LogP contribution in [0.5, 0.6) is 0 Å². The van der Waals surface area contributed by atoms with Gasteiger partial charge in [-0.15, -0.1) is 0 Å². The van der Waals surface area contributed by atoms with Crippen molar-refractivity contribution in [3.8, 4) is 0 Å². The number of aromatic amines is 1. The van der Waals surface area contributed by atoms with Crippen molar-refractivity contribution in [3.05, 3.63) is 18.2 Å². The Morgan fingerprint density at radius 2 is 1.78 bits per heavy atom. The molecule has 0 saturated heterocycles. The number of rotatable bonds is 16. The number of nitrogens with one attached hydrogen (secondary N) is 4. The minimum atomic E-state index is -1.19. The number of carboxylic acid groups (broad SMARTS) is 1. The summed E-state index contributed by atoms with van der Waals surface area (Å²) in [4.78, 5) is 66.0. The lowest BCUT2D eigenvalue weighted by molar-refractivity contribution is -0.142. The number of imidazole rings is 1. The molecule has 2 atom stereocenters. The van der Waals surface area contributed by atoms with Crippen LogP contribution in [0.25, 0.3) is 0 Å². The Morgan fingerprint density at radius 1 is 1.03 bits per heavy atom. The minimum absolute atomic E-state index is 0.0322. The summed E-state index contributed by atoms with van der Waals surface area (Å²) in [5, 5.41) is 16.6. The van der Waals surface area contributed by atoms with Crippen LogP contribution in [-0.2, 0) is 30.4 Å². The molecule has 32 heavy (non-hydrogen) atoms. The zero-order valence-corrected chi connectivity index (χ0v) is 17.8. The average Bonchev–Trinajstić information content (AvgIpc) is 3.27. The predicted molar refractivity (Wildman–Crippen MR) is 113 cm³/mol. The molecule has 2 unspecified atom stereocenters. The molecule has 0 fully saturated rings. The highest BCUT2D eigenvalue weighted by Gasteiger charge is 2.27. The molecule has 0 saturated carbocycles. The molecule has 0 bridgehead atoms. The fourth-order valence-electron chi connectivity index (χ4n) is 2.72. The standard InChI is InChI=1S/C19H31N7O6/c20-6-2-1-3-14(19(31)32)26-18(30)15(7-12-9-22-11-24-12)25-17(29)10-23-16(28)5-4-13(27)8-21/h9,11,14-15H,1-8,10,20-21H2,(H,22,24)(H,23,28)(H,25,29)(H,26,30)(H,31,32). The molecule has 0 radical (unpaired) electrons. The van der Waals surface area contributed by atoms with E-state index in [2.05, 4.69) is 25.9 Å². The highest BCUT2D eigenvalue weighted by atomic mass is 16.4. The number of carbonyl (C=O) groups excluding carboxylic acids is 4. The third kappa shape index (κ3) is 10.6. The first kappa shape index (κ1) is 26.7. The van der Waals surface area contributed by atoms with Gasteiger partial charge in [-0.1, -0.05) is 0 Å². The van der Waals surface area contributed by atoms with Gasteiger partial charge in [0.25, 0.3) is 0 Å². The van der Waals surface area contributed by atoms with Crippen LogP contribution in [0.15, 0.2) is 12.5 Å². The van der Waals surface area contributed by atoms with Crippen LogP contribution in [0, 0.1) is 0 Å². The van der Waals surface area contributed by atoms with Gasteiger partial charge in [-0.25, -0.2) is 9.78 Å². The van der Waals surface area contributed by atoms with Crippen molar-refractivity contribution in [2.75, 3.05) is 19.6 Å². The molecule has 1 rings (SSSR count). The number of Topliss-reactive ketones (excluding diaryl/α,β-unsaturated/α-hetero) is 1. The van der Waals surface area contributed by atoms with Gasteiger partial charge in [0.15, 0.2) is 0 Å². The average molecular weight is 454 g/mol. The molecule has 0 aliphatic rings. The van der Waals surface area contributed by atoms with Crippen molar-refractivity contribution in [2.24, 2.45) is 11.5 Å². The van der Waals surface area contributed by atoms with Gasteiger partial charge >= 0.3 is 5.97 Å². The maximum atomic E-state index is 12.7. The molecule has 0 aliphatic carbocycles. The molecular weight excluding hydrogens is 422 g/mol. The monoisotopic (exact) mass is 453 g/mol. The summed E-state index contributed by atoms with van der Waals surface area (Å²) in [6.07, 6.45) is 4.10. The van der Waals surface area contributed by atoms with Crippen molar-refractivity contribution in [3.63, 3.8) is 0 Å². The SMILES string of the molecule is NCCCCC(NC(=O)C(Cc1cnc[nH]1)NC(=O)CNC(=O)CCC(=O)CN)C(=O)O. The van der Waals surface area contributed by atoms with E-state index in [1.165, 1.54) is 12.5 Å². The Hall–Kier alpha value is -3.32. The molecule has 1 aromatic rings. The molecule has 13 heteroatoms. The number of aliphatic carboxylic acids is 1. The first-order valence-electron chi connectivity index (χ1n) is 10.2. The summed E-state index contributed by atoms with van der Waals surface area (Å²) in [6, 6.07) is -2.23. The molecule has 0 aliphatic heterocycles. The number of unbranched alkanes of at least 4 members (excludes halogenated alkanes) is 1. The Balaban J connectivity index is 2.69. The first-order valence-corrected chi connectivity index (χ1v) is 10.2. The number of ketones is 1. The molecule has 0 aromatic carbocycles. The van der Waals surface area contributed by atoms with Gasteiger partial charge in [0.05, 0.1) is 19.4 Å². The molecule has 13 nitrogen and oxygen atoms in total. The van der Waals surface area contributed by atoms with E-state index < -0.39 is 42.3 Å². The summed E-state index contributed by atoms with van der Waals surface area (Å²) >= 11 is 0. The van der Waals surface area contributed by atoms with Crippen molar-refractivity contribution in [1.82, 2.24) is 25.9 Å². The first-order chi connectivity index (χ1) is 15.3. The summed E-state index contributed by atoms with van der Waals surface area (Å²) in [5.74, 6) is -3.32. The van der Waals surface area contributed by atoms with Gasteiger partial charge in [0, 0.05) is 31.2 Å². The van der Waals surface area contributed by atoms with E-state index in [1.807, 2.05) is 0 Å². The van der Waals surface area contributed by atoms with E-state index >= 15 is 0 Å². The fraction of sp³-hybridized carbons (Fsp3) is 0.579. The van der Waals surface area contributed by atoms with E-state index in [-0.39, 0.29) is 38.0 Å². The summed E-state index contributed by atoms with van der Waals surface area (Å²) < 4.78 is 0. The van der Waals surface area contributed by atoms with E-state index in [4.69, 9.17) is 11.5 Å². The Kier molecular flexibility index (Phi) is 12.2. The van der Waals surface area contributed by atoms with Crippen molar-refractivity contribution >= 4 is 29.5 Å². The fourth-order valence-corrected chi connectivity index (χ4v) is 2.72. The molecule has 3 amide bonds. The molecular formula is C19H31N7O6. The lowest BCUT2D eigenvalue weighted by Gasteiger charge is -2.21. The normalized spacial score (nSPS) is 12.4. The van der Waals surface area contributed by atoms with Gasteiger partial charge in [-0.2, -0.15) is 0 Å². The van der Waals surface area contributed by atoms with Crippen LogP contribution in [0.1, 0.15) is 37.8 Å². The number of hydrogen-bond acceptors (Lipinski definition) is 8. The number of carboxylic acids is 1. The van der Waals surface area contributed by atoms with Gasteiger partial charge in [-0.05, 0) is 25.8 Å². The summed E-state index contributed by atoms with van der Waals surface area (Å²) in [5.41, 5.74) is 11.1. The second-order valence-corrected chi connectivity index (χ2v) is 7.10. The molecule has 9 N–H and O–H groups in total. The van der Waals surface area contributed by atoms with Crippen LogP contribution in [0.2, 0.25) is 0 Å². The maximum Gasteiger partial charge on any atom is 0.326 e. The predicted octanol–water partition coefficient (Wildman–Crippen LogP) is -2.44. The lowest BCUT2D eigenvalue weighted by atomic mass is 10.1. The Morgan fingerprint density at radius 3 is 2.38 bits per heavy atom. The van der Waals surface area contributed by atoms with Crippen LogP contribution >= 0.6 is 0 Å². The number of nitrogens with two attached hydrogens (primary N) is 2. The summed E-state index contributed by atoms with van der Waals surface area (Å²) in [6.45, 7) is -0.173. The van der Waals surface area contributed by atoms with E-state index in [0.717, 1.165) is 0 Å². The third-order valence-electron chi connectivity index (χ3n) is 4.50. The Bertz CT molecular complexity index is 768. The minimum Gasteiger partial charge on any atom is -0.480 e. The highest BCUT2D eigenvalue weighted by Crippen LogP contribution is 2.04. The van der Waals surface area contributed by atoms with Crippen LogP contribution in [0.4, 0.5) is 0 Å². The second-order valence-electron chi connectivity index (χ2n) is 7.10. The topological polar surface area (TPSA) is 222 Å². The number of aromatic nitrogens is 2. The van der Waals surface area contributed by atoms with E-state index in [9.17, 15) is 29.1 Å². The van der Waals surface area contributed by atoms with Gasteiger partial charge in [0.2, 0.25) is 17.7 Å². The third-order valence-corrected chi connectivity index (χ3v) is 4.50. The smallest absolute Gasteiger partial charge is 0.326 e. The van der Waals surface area contributed by atoms with Gasteiger partial charge in [0.1, 0.15) is 17.9 Å².